The van der Waals surface area contributed by atoms with Crippen molar-refractivity contribution in [2.75, 3.05) is 0 Å². The Morgan fingerprint density at radius 3 is 2.37 bits per heavy atom. The maximum absolute atomic E-state index is 12.6. The molecule has 0 N–H and O–H groups in total. The first-order chi connectivity index (χ1) is 13.0. The molecule has 0 unspecified atom stereocenters. The number of imide groups is 1. The Morgan fingerprint density at radius 2 is 1.70 bits per heavy atom. The molecule has 1 saturated carbocycles. The van der Waals surface area contributed by atoms with Crippen LogP contribution in [-0.2, 0) is 9.59 Å². The van der Waals surface area contributed by atoms with Crippen LogP contribution in [0.15, 0.2) is 52.0 Å². The average molecular weight is 401 g/mol. The van der Waals surface area contributed by atoms with Gasteiger partial charge in [0.1, 0.15) is 11.5 Å². The van der Waals surface area contributed by atoms with Crippen LogP contribution in [0.2, 0.25) is 10.0 Å². The highest BCUT2D eigenvalue weighted by atomic mass is 35.5. The molecule has 2 fully saturated rings. The Morgan fingerprint density at radius 1 is 1.00 bits per heavy atom. The summed E-state index contributed by atoms with van der Waals surface area (Å²) in [6.45, 7) is 0. The van der Waals surface area contributed by atoms with E-state index in [1.807, 2.05) is 0 Å². The Kier molecular flexibility index (Phi) is 3.78. The average Bonchev–Trinajstić information content (AvgIpc) is 3.41. The molecule has 1 aromatic carbocycles. The molecule has 136 valence electrons. The lowest BCUT2D eigenvalue weighted by Gasteiger charge is -2.13. The summed E-state index contributed by atoms with van der Waals surface area (Å²) in [6, 6.07) is 8.69. The van der Waals surface area contributed by atoms with Gasteiger partial charge in [-0.05, 0) is 48.6 Å². The van der Waals surface area contributed by atoms with Gasteiger partial charge >= 0.3 is 0 Å². The number of amides is 2. The van der Waals surface area contributed by atoms with Crippen LogP contribution in [0.25, 0.3) is 11.3 Å². The molecular formula is C20H14Cl2N2O3. The molecule has 4 atom stereocenters. The molecule has 27 heavy (non-hydrogen) atoms. The van der Waals surface area contributed by atoms with Gasteiger partial charge in [-0.1, -0.05) is 35.4 Å². The second-order valence-electron chi connectivity index (χ2n) is 7.06. The molecule has 7 heteroatoms. The van der Waals surface area contributed by atoms with E-state index in [4.69, 9.17) is 27.6 Å². The fourth-order valence-electron chi connectivity index (χ4n) is 4.34. The van der Waals surface area contributed by atoms with E-state index in [-0.39, 0.29) is 35.5 Å². The van der Waals surface area contributed by atoms with Gasteiger partial charge < -0.3 is 4.42 Å². The summed E-state index contributed by atoms with van der Waals surface area (Å²) in [6.07, 6.45) is 6.41. The molecule has 0 radical (unpaired) electrons. The van der Waals surface area contributed by atoms with Crippen LogP contribution in [0.3, 0.4) is 0 Å². The lowest BCUT2D eigenvalue weighted by atomic mass is 9.85. The van der Waals surface area contributed by atoms with E-state index in [0.29, 0.717) is 21.6 Å². The van der Waals surface area contributed by atoms with Crippen LogP contribution in [0.1, 0.15) is 12.2 Å². The van der Waals surface area contributed by atoms with Gasteiger partial charge in [-0.25, -0.2) is 0 Å². The normalized spacial score (nSPS) is 28.7. The van der Waals surface area contributed by atoms with Gasteiger partial charge in [0.15, 0.2) is 0 Å². The monoisotopic (exact) mass is 400 g/mol. The molecule has 2 aliphatic carbocycles. The summed E-state index contributed by atoms with van der Waals surface area (Å²) in [7, 11) is 0. The van der Waals surface area contributed by atoms with E-state index in [2.05, 4.69) is 17.3 Å². The first-order valence-electron chi connectivity index (χ1n) is 8.68. The van der Waals surface area contributed by atoms with E-state index in [9.17, 15) is 9.59 Å². The third-order valence-corrected chi connectivity index (χ3v) is 6.32. The van der Waals surface area contributed by atoms with Crippen LogP contribution in [0.4, 0.5) is 0 Å². The van der Waals surface area contributed by atoms with Gasteiger partial charge in [0.2, 0.25) is 0 Å². The lowest BCUT2D eigenvalue weighted by Crippen LogP contribution is -2.28. The van der Waals surface area contributed by atoms with Crippen LogP contribution in [-0.4, -0.2) is 23.0 Å². The van der Waals surface area contributed by atoms with Crippen LogP contribution < -0.4 is 0 Å². The second-order valence-corrected chi connectivity index (χ2v) is 7.88. The number of fused-ring (bicyclic) bond motifs is 5. The molecule has 1 aromatic heterocycles. The number of allylic oxidation sites excluding steroid dienone is 2. The molecule has 5 rings (SSSR count). The van der Waals surface area contributed by atoms with Crippen molar-refractivity contribution in [2.24, 2.45) is 28.8 Å². The molecule has 2 amide bonds. The van der Waals surface area contributed by atoms with Crippen LogP contribution in [0, 0.1) is 23.7 Å². The quantitative estimate of drug-likeness (QED) is 0.435. The summed E-state index contributed by atoms with van der Waals surface area (Å²) in [4.78, 5) is 25.2. The summed E-state index contributed by atoms with van der Waals surface area (Å²) in [5, 5.41) is 6.02. The number of carbonyl (C=O) groups is 2. The molecule has 3 aliphatic rings. The number of benzene rings is 1. The SMILES string of the molecule is O=C1[C@@H]2[C@H](C(=O)N1/N=C\c1ccc(-c3ccc(Cl)c(Cl)c3)o1)[C@H]1C=C[C@H]2C1. The maximum atomic E-state index is 12.6. The topological polar surface area (TPSA) is 62.9 Å². The van der Waals surface area contributed by atoms with E-state index in [1.54, 1.807) is 30.3 Å². The zero-order chi connectivity index (χ0) is 18.7. The van der Waals surface area contributed by atoms with E-state index in [0.717, 1.165) is 17.0 Å². The first-order valence-corrected chi connectivity index (χ1v) is 9.44. The maximum Gasteiger partial charge on any atom is 0.254 e. The summed E-state index contributed by atoms with van der Waals surface area (Å²) in [5.41, 5.74) is 0.773. The number of rotatable bonds is 3. The number of hydrogen-bond donors (Lipinski definition) is 0. The predicted molar refractivity (Wildman–Crippen MR) is 101 cm³/mol. The van der Waals surface area contributed by atoms with E-state index < -0.39 is 0 Å². The molecular weight excluding hydrogens is 387 g/mol. The first kappa shape index (κ1) is 16.8. The zero-order valence-corrected chi connectivity index (χ0v) is 15.5. The number of hydrogen-bond acceptors (Lipinski definition) is 4. The molecule has 2 aromatic rings. The Labute approximate surface area is 165 Å². The number of halogens is 2. The second kappa shape index (κ2) is 6.08. The van der Waals surface area contributed by atoms with Gasteiger partial charge in [-0.2, -0.15) is 10.1 Å². The smallest absolute Gasteiger partial charge is 0.254 e. The third-order valence-electron chi connectivity index (χ3n) is 5.58. The van der Waals surface area contributed by atoms with Crippen molar-refractivity contribution in [3.05, 3.63) is 58.3 Å². The molecule has 1 saturated heterocycles. The number of hydrazone groups is 1. The van der Waals surface area contributed by atoms with Crippen molar-refractivity contribution in [3.8, 4) is 11.3 Å². The van der Waals surface area contributed by atoms with Gasteiger partial charge in [-0.3, -0.25) is 9.59 Å². The lowest BCUT2D eigenvalue weighted by molar-refractivity contribution is -0.140. The van der Waals surface area contributed by atoms with Crippen molar-refractivity contribution < 1.29 is 14.0 Å². The number of furan rings is 1. The highest BCUT2D eigenvalue weighted by molar-refractivity contribution is 6.42. The molecule has 0 spiro atoms. The Hall–Kier alpha value is -2.37. The molecule has 2 bridgehead atoms. The molecule has 5 nitrogen and oxygen atoms in total. The summed E-state index contributed by atoms with van der Waals surface area (Å²) >= 11 is 12.0. The van der Waals surface area contributed by atoms with Crippen LogP contribution in [0.5, 0.6) is 0 Å². The summed E-state index contributed by atoms with van der Waals surface area (Å²) < 4.78 is 5.73. The van der Waals surface area contributed by atoms with Crippen molar-refractivity contribution in [1.82, 2.24) is 5.01 Å². The van der Waals surface area contributed by atoms with Crippen molar-refractivity contribution in [2.45, 2.75) is 6.42 Å². The molecule has 2 heterocycles. The standard InChI is InChI=1S/C20H14Cl2N2O3/c21-14-5-3-10(8-15(14)22)16-6-4-13(27-16)9-23-24-19(25)17-11-1-2-12(7-11)18(17)20(24)26/h1-6,8-9,11-12,17-18H,7H2/b23-9-/t11-,12-,17-,18+/m0/s1. The third kappa shape index (κ3) is 2.57. The van der Waals surface area contributed by atoms with Crippen molar-refractivity contribution in [1.29, 1.82) is 0 Å². The van der Waals surface area contributed by atoms with Gasteiger partial charge in [-0.15, -0.1) is 0 Å². The highest BCUT2D eigenvalue weighted by Crippen LogP contribution is 2.52. The van der Waals surface area contributed by atoms with E-state index in [1.165, 1.54) is 6.21 Å². The van der Waals surface area contributed by atoms with Crippen molar-refractivity contribution in [3.63, 3.8) is 0 Å². The Bertz CT molecular complexity index is 996. The van der Waals surface area contributed by atoms with Gasteiger partial charge in [0.25, 0.3) is 11.8 Å². The van der Waals surface area contributed by atoms with Crippen molar-refractivity contribution >= 4 is 41.2 Å². The largest absolute Gasteiger partial charge is 0.455 e. The van der Waals surface area contributed by atoms with Gasteiger partial charge in [0.05, 0.1) is 28.1 Å². The fraction of sp³-hybridized carbons (Fsp3) is 0.250. The minimum Gasteiger partial charge on any atom is -0.455 e. The van der Waals surface area contributed by atoms with Gasteiger partial charge in [0, 0.05) is 5.56 Å². The predicted octanol–water partition coefficient (Wildman–Crippen LogP) is 4.39. The number of carbonyl (C=O) groups excluding carboxylic acids is 2. The minimum atomic E-state index is -0.256. The zero-order valence-electron chi connectivity index (χ0n) is 14.0. The van der Waals surface area contributed by atoms with Crippen LogP contribution >= 0.6 is 23.2 Å². The highest BCUT2D eigenvalue weighted by Gasteiger charge is 2.59. The number of nitrogens with zero attached hydrogens (tertiary/aromatic N) is 2. The fourth-order valence-corrected chi connectivity index (χ4v) is 4.64. The molecule has 1 aliphatic heterocycles. The summed E-state index contributed by atoms with van der Waals surface area (Å²) in [5.74, 6) is 0.427. The minimum absolute atomic E-state index is 0.168. The van der Waals surface area contributed by atoms with E-state index >= 15 is 0 Å². The Balaban J connectivity index is 1.36.